The Labute approximate surface area is 222 Å². The topological polar surface area (TPSA) is 98.1 Å². The van der Waals surface area contributed by atoms with Crippen molar-refractivity contribution >= 4 is 5.91 Å². The Kier molecular flexibility index (Phi) is 7.80. The van der Waals surface area contributed by atoms with Crippen LogP contribution in [0.25, 0.3) is 11.1 Å². The second kappa shape index (κ2) is 11.1. The van der Waals surface area contributed by atoms with E-state index in [2.05, 4.69) is 22.3 Å². The Morgan fingerprint density at radius 1 is 1.24 bits per heavy atom. The SMILES string of the molecule is CN(C)C[C@H](O)C(=O)N[C@H](C#N)Cc1ccc(-c2ccc3c(c2)C2(CCN(C4COC4)CC2)OC3)cc1F. The average Bonchev–Trinajstić information content (AvgIpc) is 3.21. The quantitative estimate of drug-likeness (QED) is 0.549. The molecule has 8 nitrogen and oxygen atoms in total. The fraction of sp³-hybridized carbons (Fsp3) is 0.517. The molecular formula is C29H35FN4O4. The van der Waals surface area contributed by atoms with Crippen molar-refractivity contribution in [1.29, 1.82) is 5.26 Å². The van der Waals surface area contributed by atoms with Crippen molar-refractivity contribution in [3.05, 3.63) is 58.9 Å². The number of likely N-dealkylation sites (tertiary alicyclic amines) is 1. The van der Waals surface area contributed by atoms with Crippen LogP contribution in [0.3, 0.4) is 0 Å². The summed E-state index contributed by atoms with van der Waals surface area (Å²) < 4.78 is 26.9. The van der Waals surface area contributed by atoms with E-state index in [9.17, 15) is 15.2 Å². The van der Waals surface area contributed by atoms with Crippen LogP contribution in [-0.4, -0.2) is 85.9 Å². The number of hydrogen-bond acceptors (Lipinski definition) is 7. The molecule has 202 valence electrons. The van der Waals surface area contributed by atoms with Crippen molar-refractivity contribution in [2.45, 2.75) is 49.7 Å². The zero-order valence-electron chi connectivity index (χ0n) is 22.0. The molecule has 5 rings (SSSR count). The second-order valence-electron chi connectivity index (χ2n) is 10.9. The van der Waals surface area contributed by atoms with Gasteiger partial charge in [-0.1, -0.05) is 24.3 Å². The first-order chi connectivity index (χ1) is 18.3. The van der Waals surface area contributed by atoms with Crippen LogP contribution in [0.15, 0.2) is 36.4 Å². The summed E-state index contributed by atoms with van der Waals surface area (Å²) in [6.45, 7) is 4.31. The number of nitrogens with zero attached hydrogens (tertiary/aromatic N) is 3. The van der Waals surface area contributed by atoms with Crippen LogP contribution in [-0.2, 0) is 32.9 Å². The van der Waals surface area contributed by atoms with Crippen LogP contribution >= 0.6 is 0 Å². The summed E-state index contributed by atoms with van der Waals surface area (Å²) >= 11 is 0. The van der Waals surface area contributed by atoms with Crippen LogP contribution in [0.2, 0.25) is 0 Å². The lowest BCUT2D eigenvalue weighted by Crippen LogP contribution is -2.54. The molecule has 0 unspecified atom stereocenters. The fourth-order valence-electron chi connectivity index (χ4n) is 5.64. The third-order valence-electron chi connectivity index (χ3n) is 7.97. The van der Waals surface area contributed by atoms with E-state index in [4.69, 9.17) is 9.47 Å². The lowest BCUT2D eigenvalue weighted by Gasteiger charge is -2.45. The summed E-state index contributed by atoms with van der Waals surface area (Å²) in [5.41, 5.74) is 4.10. The number of benzene rings is 2. The molecule has 3 heterocycles. The highest BCUT2D eigenvalue weighted by molar-refractivity contribution is 5.81. The molecule has 38 heavy (non-hydrogen) atoms. The van der Waals surface area contributed by atoms with E-state index in [1.807, 2.05) is 18.2 Å². The molecule has 9 heteroatoms. The Morgan fingerprint density at radius 2 is 1.95 bits per heavy atom. The third kappa shape index (κ3) is 5.46. The molecule has 3 aliphatic heterocycles. The summed E-state index contributed by atoms with van der Waals surface area (Å²) in [7, 11) is 3.47. The van der Waals surface area contributed by atoms with Crippen LogP contribution in [0, 0.1) is 17.1 Å². The average molecular weight is 523 g/mol. The molecule has 2 fully saturated rings. The van der Waals surface area contributed by atoms with E-state index in [0.29, 0.717) is 18.2 Å². The summed E-state index contributed by atoms with van der Waals surface area (Å²) in [6.07, 6.45) is 0.599. The molecule has 3 aliphatic rings. The number of halogens is 1. The van der Waals surface area contributed by atoms with Crippen molar-refractivity contribution in [3.63, 3.8) is 0 Å². The normalized spacial score (nSPS) is 20.5. The molecule has 2 aromatic carbocycles. The number of aliphatic hydroxyl groups excluding tert-OH is 1. The maximum Gasteiger partial charge on any atom is 0.251 e. The number of hydrogen-bond donors (Lipinski definition) is 2. The number of carbonyl (C=O) groups excluding carboxylic acids is 1. The number of aliphatic hydroxyl groups is 1. The Morgan fingerprint density at radius 3 is 2.58 bits per heavy atom. The van der Waals surface area contributed by atoms with Crippen LogP contribution in [0.1, 0.15) is 29.5 Å². The Balaban J connectivity index is 1.28. The highest BCUT2D eigenvalue weighted by atomic mass is 19.1. The monoisotopic (exact) mass is 522 g/mol. The van der Waals surface area contributed by atoms with Gasteiger partial charge in [0.2, 0.25) is 0 Å². The number of amides is 1. The van der Waals surface area contributed by atoms with Crippen molar-refractivity contribution in [3.8, 4) is 17.2 Å². The van der Waals surface area contributed by atoms with Crippen molar-refractivity contribution in [2.24, 2.45) is 0 Å². The van der Waals surface area contributed by atoms with E-state index < -0.39 is 23.9 Å². The Bertz CT molecular complexity index is 1220. The van der Waals surface area contributed by atoms with Gasteiger partial charge in [0.05, 0.1) is 37.5 Å². The Hall–Kier alpha value is -2.87. The van der Waals surface area contributed by atoms with E-state index >= 15 is 4.39 Å². The number of nitriles is 1. The largest absolute Gasteiger partial charge is 0.382 e. The first kappa shape index (κ1) is 26.7. The molecule has 0 aliphatic carbocycles. The van der Waals surface area contributed by atoms with Gasteiger partial charge in [0.15, 0.2) is 0 Å². The predicted octanol–water partition coefficient (Wildman–Crippen LogP) is 2.19. The van der Waals surface area contributed by atoms with Gasteiger partial charge in [-0.25, -0.2) is 4.39 Å². The number of rotatable bonds is 8. The van der Waals surface area contributed by atoms with Gasteiger partial charge in [-0.15, -0.1) is 0 Å². The number of likely N-dealkylation sites (N-methyl/N-ethyl adjacent to an activating group) is 1. The standard InChI is InChI=1S/C29H35FN4O4/c1-33(2)15-27(35)28(36)32-23(14-31)11-21-5-3-20(13-26(21)30)19-4-6-22-16-38-29(25(22)12-19)7-9-34(10-8-29)24-17-37-18-24/h3-6,12-13,23-24,27,35H,7-11,15-18H2,1-2H3,(H,32,36)/t23-,27-/m0/s1. The number of fused-ring (bicyclic) bond motifs is 2. The van der Waals surface area contributed by atoms with E-state index in [-0.39, 0.29) is 18.6 Å². The molecule has 0 saturated carbocycles. The van der Waals surface area contributed by atoms with Gasteiger partial charge in [-0.3, -0.25) is 9.69 Å². The van der Waals surface area contributed by atoms with E-state index in [1.165, 1.54) is 17.2 Å². The van der Waals surface area contributed by atoms with Gasteiger partial charge in [-0.05, 0) is 66.9 Å². The maximum atomic E-state index is 15.2. The fourth-order valence-corrected chi connectivity index (χ4v) is 5.64. The summed E-state index contributed by atoms with van der Waals surface area (Å²) in [5.74, 6) is -1.09. The lowest BCUT2D eigenvalue weighted by atomic mass is 9.82. The van der Waals surface area contributed by atoms with Gasteiger partial charge < -0.3 is 24.8 Å². The van der Waals surface area contributed by atoms with Crippen molar-refractivity contribution in [2.75, 3.05) is 46.9 Å². The lowest BCUT2D eigenvalue weighted by molar-refractivity contribution is -0.130. The third-order valence-corrected chi connectivity index (χ3v) is 7.97. The minimum absolute atomic E-state index is 0.00666. The zero-order chi connectivity index (χ0) is 26.9. The summed E-state index contributed by atoms with van der Waals surface area (Å²) in [4.78, 5) is 16.4. The number of piperidine rings is 1. The van der Waals surface area contributed by atoms with Crippen LogP contribution in [0.4, 0.5) is 4.39 Å². The first-order valence-electron chi connectivity index (χ1n) is 13.2. The molecule has 0 radical (unpaired) electrons. The van der Waals surface area contributed by atoms with Crippen molar-refractivity contribution in [1.82, 2.24) is 15.1 Å². The first-order valence-corrected chi connectivity index (χ1v) is 13.2. The van der Waals surface area contributed by atoms with E-state index in [1.54, 1.807) is 25.1 Å². The molecule has 2 N–H and O–H groups in total. The number of carbonyl (C=O) groups is 1. The summed E-state index contributed by atoms with van der Waals surface area (Å²) in [5, 5.41) is 22.0. The number of ether oxygens (including phenoxy) is 2. The highest BCUT2D eigenvalue weighted by Gasteiger charge is 2.44. The smallest absolute Gasteiger partial charge is 0.251 e. The van der Waals surface area contributed by atoms with Crippen molar-refractivity contribution < 1.29 is 23.8 Å². The molecule has 0 bridgehead atoms. The predicted molar refractivity (Wildman–Crippen MR) is 140 cm³/mol. The van der Waals surface area contributed by atoms with Crippen LogP contribution in [0.5, 0.6) is 0 Å². The molecular weight excluding hydrogens is 487 g/mol. The molecule has 1 amide bonds. The molecule has 0 aromatic heterocycles. The van der Waals surface area contributed by atoms with Gasteiger partial charge in [0.25, 0.3) is 5.91 Å². The molecule has 2 saturated heterocycles. The van der Waals surface area contributed by atoms with E-state index in [0.717, 1.165) is 50.3 Å². The minimum atomic E-state index is -1.26. The highest BCUT2D eigenvalue weighted by Crippen LogP contribution is 2.46. The second-order valence-corrected chi connectivity index (χ2v) is 10.9. The minimum Gasteiger partial charge on any atom is -0.382 e. The summed E-state index contributed by atoms with van der Waals surface area (Å²) in [6, 6.07) is 12.8. The molecule has 1 spiro atoms. The van der Waals surface area contributed by atoms with Gasteiger partial charge in [0.1, 0.15) is 18.0 Å². The maximum absolute atomic E-state index is 15.2. The zero-order valence-corrected chi connectivity index (χ0v) is 22.0. The van der Waals surface area contributed by atoms with Gasteiger partial charge >= 0.3 is 0 Å². The van der Waals surface area contributed by atoms with Gasteiger partial charge in [-0.2, -0.15) is 5.26 Å². The van der Waals surface area contributed by atoms with Crippen LogP contribution < -0.4 is 5.32 Å². The molecule has 2 atom stereocenters. The number of nitrogens with one attached hydrogen (secondary N) is 1. The molecule has 2 aromatic rings. The van der Waals surface area contributed by atoms with Gasteiger partial charge in [0, 0.05) is 26.1 Å².